The molecular weight excluding hydrogens is 545 g/mol. The van der Waals surface area contributed by atoms with Gasteiger partial charge in [0.2, 0.25) is 11.8 Å². The lowest BCUT2D eigenvalue weighted by atomic mass is 9.69. The van der Waals surface area contributed by atoms with Gasteiger partial charge in [0.1, 0.15) is 5.75 Å². The summed E-state index contributed by atoms with van der Waals surface area (Å²) in [5.74, 6) is -1.52. The number of hydrogen-bond acceptors (Lipinski definition) is 7. The molecule has 0 saturated carbocycles. The number of nitrogens with zero attached hydrogens (tertiary/aromatic N) is 1. The number of hydrogen-bond donors (Lipinski definition) is 3. The lowest BCUT2D eigenvalue weighted by Crippen LogP contribution is -2.36. The molecule has 0 radical (unpaired) electrons. The highest BCUT2D eigenvalue weighted by Crippen LogP contribution is 2.50. The van der Waals surface area contributed by atoms with Gasteiger partial charge in [-0.2, -0.15) is 0 Å². The predicted octanol–water partition coefficient (Wildman–Crippen LogP) is 3.97. The molecule has 2 amide bonds. The molecule has 8 nitrogen and oxygen atoms in total. The van der Waals surface area contributed by atoms with Crippen LogP contribution >= 0.6 is 0 Å². The van der Waals surface area contributed by atoms with Gasteiger partial charge in [0, 0.05) is 18.4 Å². The number of carbonyl (C=O) groups is 2. The van der Waals surface area contributed by atoms with E-state index in [1.807, 2.05) is 30.3 Å². The smallest absolute Gasteiger partial charge is 0.488 e. The van der Waals surface area contributed by atoms with Crippen LogP contribution < -0.4 is 10.4 Å². The van der Waals surface area contributed by atoms with Crippen molar-refractivity contribution in [3.05, 3.63) is 82.9 Å². The lowest BCUT2D eigenvalue weighted by molar-refractivity contribution is -0.122. The maximum absolute atomic E-state index is 13.8. The number of ether oxygens (including phenoxy) is 2. The number of rotatable bonds is 9. The molecule has 3 aliphatic rings. The molecule has 1 aliphatic carbocycles. The number of methoxy groups -OCH3 is 1. The molecule has 3 aromatic rings. The van der Waals surface area contributed by atoms with Gasteiger partial charge in [-0.3, -0.25) is 14.5 Å². The molecule has 0 spiro atoms. The molecule has 0 aromatic heterocycles. The zero-order valence-corrected chi connectivity index (χ0v) is 24.4. The van der Waals surface area contributed by atoms with Crippen LogP contribution in [0.25, 0.3) is 16.8 Å². The molecule has 4 atom stereocenters. The van der Waals surface area contributed by atoms with E-state index in [1.54, 1.807) is 31.4 Å². The molecule has 0 bridgehead atoms. The minimum atomic E-state index is -1.70. The molecule has 2 heterocycles. The Morgan fingerprint density at radius 2 is 1.84 bits per heavy atom. The minimum Gasteiger partial charge on any atom is -0.507 e. The zero-order valence-electron chi connectivity index (χ0n) is 24.4. The van der Waals surface area contributed by atoms with Gasteiger partial charge in [-0.05, 0) is 71.4 Å². The number of carbonyl (C=O) groups excluding carboxylic acids is 2. The summed E-state index contributed by atoms with van der Waals surface area (Å²) in [5, 5.41) is 31.4. The van der Waals surface area contributed by atoms with Gasteiger partial charge in [0.25, 0.3) is 0 Å². The first-order valence-corrected chi connectivity index (χ1v) is 14.9. The highest BCUT2D eigenvalue weighted by molar-refractivity contribution is 6.58. The fourth-order valence-corrected chi connectivity index (χ4v) is 7.18. The molecule has 2 aliphatic heterocycles. The van der Waals surface area contributed by atoms with E-state index in [2.05, 4.69) is 13.0 Å². The number of aromatic hydroxyl groups is 1. The van der Waals surface area contributed by atoms with E-state index in [-0.39, 0.29) is 35.0 Å². The van der Waals surface area contributed by atoms with Crippen molar-refractivity contribution in [3.8, 4) is 5.75 Å². The predicted molar refractivity (Wildman–Crippen MR) is 166 cm³/mol. The van der Waals surface area contributed by atoms with Crippen LogP contribution in [0.5, 0.6) is 5.75 Å². The quantitative estimate of drug-likeness (QED) is 0.199. The van der Waals surface area contributed by atoms with Gasteiger partial charge < -0.3 is 24.6 Å². The highest BCUT2D eigenvalue weighted by Gasteiger charge is 2.57. The van der Waals surface area contributed by atoms with E-state index in [4.69, 9.17) is 9.47 Å². The maximum Gasteiger partial charge on any atom is 0.488 e. The summed E-state index contributed by atoms with van der Waals surface area (Å²) in [5.41, 5.74) is 5.01. The summed E-state index contributed by atoms with van der Waals surface area (Å²) >= 11 is 0. The van der Waals surface area contributed by atoms with Crippen molar-refractivity contribution in [1.29, 1.82) is 0 Å². The van der Waals surface area contributed by atoms with E-state index in [0.717, 1.165) is 46.7 Å². The Morgan fingerprint density at radius 1 is 1.05 bits per heavy atom. The van der Waals surface area contributed by atoms with Gasteiger partial charge in [-0.25, -0.2) is 0 Å². The topological polar surface area (TPSA) is 117 Å². The first kappa shape index (κ1) is 29.3. The minimum absolute atomic E-state index is 0.174. The normalized spacial score (nSPS) is 23.7. The molecule has 6 rings (SSSR count). The average molecular weight is 581 g/mol. The standard InChI is InChI=1S/C34H36BNO7/c1-3-20(15-21-12-13-29(37)26-10-5-4-9-25(21)26)11-14-30-31-22(18-42-2)16-27-32(28(31)19-43-30)34(39)36(33(27)38)24-8-6-7-23(17-24)35(40)41/h4-10,12-13,15,17,27-28,30,32,37,40-41H,3,11,14,16,18-19H2,1-2H3/b20-15+/t27-,28+,30-,32-/m1/s1. The molecule has 2 fully saturated rings. The van der Waals surface area contributed by atoms with E-state index in [0.29, 0.717) is 25.3 Å². The Bertz CT molecular complexity index is 1630. The van der Waals surface area contributed by atoms with E-state index in [9.17, 15) is 24.7 Å². The van der Waals surface area contributed by atoms with Crippen LogP contribution in [0, 0.1) is 17.8 Å². The van der Waals surface area contributed by atoms with Crippen LogP contribution in [-0.2, 0) is 19.1 Å². The third-order valence-electron chi connectivity index (χ3n) is 9.23. The summed E-state index contributed by atoms with van der Waals surface area (Å²) in [4.78, 5) is 28.7. The van der Waals surface area contributed by atoms with Crippen LogP contribution in [-0.4, -0.2) is 60.5 Å². The monoisotopic (exact) mass is 581 g/mol. The van der Waals surface area contributed by atoms with Gasteiger partial charge in [-0.1, -0.05) is 61.0 Å². The van der Waals surface area contributed by atoms with E-state index < -0.39 is 19.0 Å². The second-order valence-corrected chi connectivity index (χ2v) is 11.7. The number of fused-ring (bicyclic) bond motifs is 4. The van der Waals surface area contributed by atoms with E-state index in [1.165, 1.54) is 16.5 Å². The van der Waals surface area contributed by atoms with Gasteiger partial charge >= 0.3 is 7.12 Å². The van der Waals surface area contributed by atoms with Crippen LogP contribution in [0.2, 0.25) is 0 Å². The number of imide groups is 1. The van der Waals surface area contributed by atoms with Crippen LogP contribution in [0.15, 0.2) is 77.4 Å². The number of phenols is 1. The fraction of sp³-hybridized carbons (Fsp3) is 0.353. The highest BCUT2D eigenvalue weighted by atomic mass is 16.5. The number of phenolic OH excluding ortho intramolecular Hbond substituents is 1. The summed E-state index contributed by atoms with van der Waals surface area (Å²) in [6, 6.07) is 17.8. The summed E-state index contributed by atoms with van der Waals surface area (Å²) in [7, 11) is -0.0608. The SMILES string of the molecule is CC/C(=C\c1ccc(O)c2ccccc12)CC[C@H]1OC[C@H]2C1=C(COC)C[C@H]1C(=O)N(c3cccc(B(O)O)c3)C(=O)[C@H]12. The first-order chi connectivity index (χ1) is 20.8. The summed E-state index contributed by atoms with van der Waals surface area (Å²) in [6.45, 7) is 2.87. The van der Waals surface area contributed by atoms with Crippen molar-refractivity contribution in [1.82, 2.24) is 0 Å². The maximum atomic E-state index is 13.8. The molecule has 222 valence electrons. The number of allylic oxidation sites excluding steroid dienone is 1. The van der Waals surface area contributed by atoms with Gasteiger partial charge in [-0.15, -0.1) is 0 Å². The molecule has 9 heteroatoms. The second kappa shape index (κ2) is 12.1. The Kier molecular flexibility index (Phi) is 8.24. The number of amides is 2. The van der Waals surface area contributed by atoms with Crippen molar-refractivity contribution >= 4 is 46.9 Å². The van der Waals surface area contributed by atoms with Crippen molar-refractivity contribution in [2.75, 3.05) is 25.2 Å². The van der Waals surface area contributed by atoms with E-state index >= 15 is 0 Å². The lowest BCUT2D eigenvalue weighted by Gasteiger charge is -2.31. The Morgan fingerprint density at radius 3 is 2.58 bits per heavy atom. The molecule has 0 unspecified atom stereocenters. The Hall–Kier alpha value is -3.76. The largest absolute Gasteiger partial charge is 0.507 e. The molecule has 43 heavy (non-hydrogen) atoms. The van der Waals surface area contributed by atoms with Crippen LogP contribution in [0.3, 0.4) is 0 Å². The van der Waals surface area contributed by atoms with Crippen LogP contribution in [0.4, 0.5) is 5.69 Å². The third kappa shape index (κ3) is 5.31. The van der Waals surface area contributed by atoms with Crippen molar-refractivity contribution in [2.24, 2.45) is 17.8 Å². The Balaban J connectivity index is 1.25. The number of anilines is 1. The molecular formula is C34H36BNO7. The first-order valence-electron chi connectivity index (χ1n) is 14.9. The third-order valence-corrected chi connectivity index (χ3v) is 9.23. The molecule has 3 aromatic carbocycles. The zero-order chi connectivity index (χ0) is 30.2. The molecule has 2 saturated heterocycles. The van der Waals surface area contributed by atoms with Crippen molar-refractivity contribution in [3.63, 3.8) is 0 Å². The van der Waals surface area contributed by atoms with Gasteiger partial charge in [0.15, 0.2) is 0 Å². The second-order valence-electron chi connectivity index (χ2n) is 11.7. The van der Waals surface area contributed by atoms with Crippen molar-refractivity contribution < 1.29 is 34.2 Å². The fourth-order valence-electron chi connectivity index (χ4n) is 7.18. The summed E-state index contributed by atoms with van der Waals surface area (Å²) < 4.78 is 11.9. The van der Waals surface area contributed by atoms with Gasteiger partial charge in [0.05, 0.1) is 36.8 Å². The van der Waals surface area contributed by atoms with Crippen molar-refractivity contribution in [2.45, 2.75) is 38.7 Å². The Labute approximate surface area is 251 Å². The number of benzene rings is 3. The summed E-state index contributed by atoms with van der Waals surface area (Å²) in [6.07, 6.45) is 4.87. The average Bonchev–Trinajstić information content (AvgIpc) is 3.54. The molecule has 3 N–H and O–H groups in total. The van der Waals surface area contributed by atoms with Crippen LogP contribution in [0.1, 0.15) is 38.2 Å².